The number of carbonyl (C=O) groups excluding carboxylic acids is 2. The second-order valence-electron chi connectivity index (χ2n) is 7.02. The Morgan fingerprint density at radius 2 is 1.79 bits per heavy atom. The summed E-state index contributed by atoms with van der Waals surface area (Å²) in [7, 11) is 0. The van der Waals surface area contributed by atoms with Crippen molar-refractivity contribution in [3.8, 4) is 0 Å². The molecule has 2 amide bonds. The van der Waals surface area contributed by atoms with Crippen LogP contribution in [0.2, 0.25) is 5.02 Å². The highest BCUT2D eigenvalue weighted by Gasteiger charge is 2.21. The van der Waals surface area contributed by atoms with Crippen LogP contribution < -0.4 is 10.2 Å². The molecule has 0 spiro atoms. The number of anilines is 2. The average molecular weight is 412 g/mol. The van der Waals surface area contributed by atoms with E-state index >= 15 is 0 Å². The minimum Gasteiger partial charge on any atom is -0.367 e. The van der Waals surface area contributed by atoms with Crippen LogP contribution in [-0.2, 0) is 9.59 Å². The van der Waals surface area contributed by atoms with Gasteiger partial charge in [-0.3, -0.25) is 9.59 Å². The average Bonchev–Trinajstić information content (AvgIpc) is 2.73. The van der Waals surface area contributed by atoms with Crippen molar-refractivity contribution < 1.29 is 9.59 Å². The van der Waals surface area contributed by atoms with E-state index in [-0.39, 0.29) is 11.8 Å². The van der Waals surface area contributed by atoms with Crippen molar-refractivity contribution >= 4 is 40.9 Å². The van der Waals surface area contributed by atoms with E-state index in [0.29, 0.717) is 43.3 Å². The Morgan fingerprint density at radius 1 is 1.07 bits per heavy atom. The van der Waals surface area contributed by atoms with E-state index in [1.807, 2.05) is 60.4 Å². The molecule has 29 heavy (non-hydrogen) atoms. The van der Waals surface area contributed by atoms with Crippen molar-refractivity contribution in [2.75, 3.05) is 36.4 Å². The van der Waals surface area contributed by atoms with Gasteiger partial charge in [0.25, 0.3) is 0 Å². The van der Waals surface area contributed by atoms with Gasteiger partial charge in [0.1, 0.15) is 0 Å². The Kier molecular flexibility index (Phi) is 7.30. The van der Waals surface area contributed by atoms with Gasteiger partial charge in [-0.15, -0.1) is 0 Å². The topological polar surface area (TPSA) is 52.7 Å². The smallest absolute Gasteiger partial charge is 0.246 e. The summed E-state index contributed by atoms with van der Waals surface area (Å²) in [4.78, 5) is 28.2. The molecular weight excluding hydrogens is 386 g/mol. The second-order valence-corrected chi connectivity index (χ2v) is 7.43. The number of rotatable bonds is 6. The molecule has 6 heteroatoms. The molecule has 3 rings (SSSR count). The molecule has 0 radical (unpaired) electrons. The molecule has 0 unspecified atom stereocenters. The number of piperazine rings is 1. The lowest BCUT2D eigenvalue weighted by Crippen LogP contribution is -2.48. The maximum atomic E-state index is 12.4. The molecule has 0 aromatic heterocycles. The number of amides is 2. The fraction of sp³-hybridized carbons (Fsp3) is 0.304. The van der Waals surface area contributed by atoms with Crippen LogP contribution in [0.4, 0.5) is 11.4 Å². The zero-order valence-electron chi connectivity index (χ0n) is 16.6. The lowest BCUT2D eigenvalue weighted by molar-refractivity contribution is -0.126. The molecule has 5 nitrogen and oxygen atoms in total. The van der Waals surface area contributed by atoms with Crippen LogP contribution in [0.1, 0.15) is 25.3 Å². The summed E-state index contributed by atoms with van der Waals surface area (Å²) < 4.78 is 0. The van der Waals surface area contributed by atoms with Crippen LogP contribution in [0, 0.1) is 0 Å². The van der Waals surface area contributed by atoms with Gasteiger partial charge in [0.2, 0.25) is 11.8 Å². The third-order valence-electron chi connectivity index (χ3n) is 4.86. The van der Waals surface area contributed by atoms with Crippen molar-refractivity contribution in [2.24, 2.45) is 0 Å². The molecule has 1 aliphatic heterocycles. The number of carbonyl (C=O) groups is 2. The monoisotopic (exact) mass is 411 g/mol. The Morgan fingerprint density at radius 3 is 2.45 bits per heavy atom. The van der Waals surface area contributed by atoms with E-state index in [1.54, 1.807) is 12.1 Å². The molecule has 1 fully saturated rings. The zero-order chi connectivity index (χ0) is 20.6. The summed E-state index contributed by atoms with van der Waals surface area (Å²) in [5.41, 5.74) is 2.64. The first-order chi connectivity index (χ1) is 14.1. The number of nitrogens with zero attached hydrogens (tertiary/aromatic N) is 2. The van der Waals surface area contributed by atoms with Crippen LogP contribution in [0.5, 0.6) is 0 Å². The lowest BCUT2D eigenvalue weighted by Gasteiger charge is -2.36. The van der Waals surface area contributed by atoms with Crippen molar-refractivity contribution in [3.63, 3.8) is 0 Å². The standard InChI is InChI=1S/C23H26ClN3O2/c1-2-6-22(28)25-19-10-11-21(20(24)17-19)26-13-15-27(16-14-26)23(29)12-9-18-7-4-3-5-8-18/h3-5,7-12,17H,2,6,13-16H2,1H3,(H,25,28)/b12-9+. The molecule has 0 saturated carbocycles. The predicted molar refractivity (Wildman–Crippen MR) is 119 cm³/mol. The number of hydrogen-bond donors (Lipinski definition) is 1. The molecule has 1 heterocycles. The lowest BCUT2D eigenvalue weighted by atomic mass is 10.2. The fourth-order valence-corrected chi connectivity index (χ4v) is 3.60. The molecule has 0 bridgehead atoms. The van der Waals surface area contributed by atoms with E-state index in [1.165, 1.54) is 0 Å². The van der Waals surface area contributed by atoms with Gasteiger partial charge >= 0.3 is 0 Å². The van der Waals surface area contributed by atoms with Gasteiger partial charge in [-0.25, -0.2) is 0 Å². The van der Waals surface area contributed by atoms with Gasteiger partial charge in [-0.05, 0) is 36.3 Å². The first-order valence-electron chi connectivity index (χ1n) is 9.93. The molecule has 2 aromatic carbocycles. The van der Waals surface area contributed by atoms with Gasteiger partial charge in [0.05, 0.1) is 10.7 Å². The van der Waals surface area contributed by atoms with E-state index < -0.39 is 0 Å². The summed E-state index contributed by atoms with van der Waals surface area (Å²) in [5, 5.41) is 3.46. The Bertz CT molecular complexity index is 875. The number of hydrogen-bond acceptors (Lipinski definition) is 3. The normalized spacial score (nSPS) is 14.3. The van der Waals surface area contributed by atoms with Gasteiger partial charge in [0.15, 0.2) is 0 Å². The summed E-state index contributed by atoms with van der Waals surface area (Å²) in [5.74, 6) is 0.0144. The quantitative estimate of drug-likeness (QED) is 0.715. The largest absolute Gasteiger partial charge is 0.367 e. The minimum atomic E-state index is -0.00741. The van der Waals surface area contributed by atoms with E-state index in [2.05, 4.69) is 10.2 Å². The van der Waals surface area contributed by atoms with Crippen LogP contribution in [0.3, 0.4) is 0 Å². The first-order valence-corrected chi connectivity index (χ1v) is 10.3. The summed E-state index contributed by atoms with van der Waals surface area (Å²) in [6.07, 6.45) is 4.78. The molecule has 1 N–H and O–H groups in total. The molecule has 0 atom stereocenters. The third-order valence-corrected chi connectivity index (χ3v) is 5.16. The van der Waals surface area contributed by atoms with Crippen LogP contribution in [0.25, 0.3) is 6.08 Å². The van der Waals surface area contributed by atoms with Gasteiger partial charge in [-0.2, -0.15) is 0 Å². The number of nitrogens with one attached hydrogen (secondary N) is 1. The molecule has 152 valence electrons. The minimum absolute atomic E-state index is 0.00741. The van der Waals surface area contributed by atoms with Crippen molar-refractivity contribution in [1.82, 2.24) is 4.90 Å². The number of benzene rings is 2. The highest BCUT2D eigenvalue weighted by Crippen LogP contribution is 2.29. The van der Waals surface area contributed by atoms with E-state index in [9.17, 15) is 9.59 Å². The SMILES string of the molecule is CCCC(=O)Nc1ccc(N2CCN(C(=O)/C=C/c3ccccc3)CC2)c(Cl)c1. The van der Waals surface area contributed by atoms with Crippen LogP contribution in [0.15, 0.2) is 54.6 Å². The Hall–Kier alpha value is -2.79. The third kappa shape index (κ3) is 5.84. The van der Waals surface area contributed by atoms with Gasteiger partial charge < -0.3 is 15.1 Å². The van der Waals surface area contributed by atoms with Crippen molar-refractivity contribution in [3.05, 3.63) is 65.2 Å². The number of halogens is 1. The highest BCUT2D eigenvalue weighted by atomic mass is 35.5. The van der Waals surface area contributed by atoms with E-state index in [0.717, 1.165) is 17.7 Å². The molecule has 0 aliphatic carbocycles. The molecular formula is C23H26ClN3O2. The summed E-state index contributed by atoms with van der Waals surface area (Å²) in [6, 6.07) is 15.4. The zero-order valence-corrected chi connectivity index (χ0v) is 17.4. The first kappa shape index (κ1) is 20.9. The predicted octanol–water partition coefficient (Wildman–Crippen LogP) is 4.44. The summed E-state index contributed by atoms with van der Waals surface area (Å²) >= 11 is 6.46. The van der Waals surface area contributed by atoms with Crippen molar-refractivity contribution in [1.29, 1.82) is 0 Å². The maximum absolute atomic E-state index is 12.4. The molecule has 1 saturated heterocycles. The van der Waals surface area contributed by atoms with E-state index in [4.69, 9.17) is 11.6 Å². The summed E-state index contributed by atoms with van der Waals surface area (Å²) in [6.45, 7) is 4.68. The Labute approximate surface area is 177 Å². The maximum Gasteiger partial charge on any atom is 0.246 e. The van der Waals surface area contributed by atoms with Gasteiger partial charge in [0, 0.05) is 44.4 Å². The molecule has 1 aliphatic rings. The molecule has 2 aromatic rings. The van der Waals surface area contributed by atoms with Gasteiger partial charge in [-0.1, -0.05) is 48.9 Å². The Balaban J connectivity index is 1.55. The fourth-order valence-electron chi connectivity index (χ4n) is 3.30. The van der Waals surface area contributed by atoms with Crippen LogP contribution in [-0.4, -0.2) is 42.9 Å². The highest BCUT2D eigenvalue weighted by molar-refractivity contribution is 6.33. The van der Waals surface area contributed by atoms with Crippen molar-refractivity contribution in [2.45, 2.75) is 19.8 Å². The van der Waals surface area contributed by atoms with Crippen LogP contribution >= 0.6 is 11.6 Å². The second kappa shape index (κ2) is 10.1.